The van der Waals surface area contributed by atoms with E-state index in [0.717, 1.165) is 38.1 Å². The van der Waals surface area contributed by atoms with E-state index in [0.29, 0.717) is 17.9 Å². The van der Waals surface area contributed by atoms with Crippen LogP contribution < -0.4 is 14.8 Å². The Morgan fingerprint density at radius 1 is 1.35 bits per heavy atom. The molecule has 0 radical (unpaired) electrons. The second-order valence-corrected chi connectivity index (χ2v) is 5.10. The lowest BCUT2D eigenvalue weighted by Crippen LogP contribution is -2.32. The van der Waals surface area contributed by atoms with Gasteiger partial charge in [0.05, 0.1) is 19.3 Å². The summed E-state index contributed by atoms with van der Waals surface area (Å²) in [6.07, 6.45) is 2.73. The number of rotatable bonds is 6. The first-order valence-electron chi connectivity index (χ1n) is 7.32. The Balaban J connectivity index is 2.20. The number of piperidine rings is 1. The van der Waals surface area contributed by atoms with E-state index in [1.807, 2.05) is 18.2 Å². The fraction of sp³-hybridized carbons (Fsp3) is 0.562. The summed E-state index contributed by atoms with van der Waals surface area (Å²) < 4.78 is 10.9. The smallest absolute Gasteiger partial charge is 0.169 e. The van der Waals surface area contributed by atoms with Crippen molar-refractivity contribution in [1.82, 2.24) is 5.32 Å². The number of benzene rings is 1. The summed E-state index contributed by atoms with van der Waals surface area (Å²) in [6.45, 7) is 4.54. The van der Waals surface area contributed by atoms with Gasteiger partial charge >= 0.3 is 0 Å². The molecule has 1 aromatic rings. The highest BCUT2D eigenvalue weighted by Gasteiger charge is 2.25. The topological polar surface area (TPSA) is 47.6 Å². The van der Waals surface area contributed by atoms with Gasteiger partial charge in [-0.25, -0.2) is 0 Å². The van der Waals surface area contributed by atoms with E-state index in [-0.39, 0.29) is 11.7 Å². The van der Waals surface area contributed by atoms with Crippen molar-refractivity contribution in [3.05, 3.63) is 23.8 Å². The monoisotopic (exact) mass is 277 g/mol. The number of nitrogens with one attached hydrogen (secondary N) is 1. The third-order valence-electron chi connectivity index (χ3n) is 3.62. The van der Waals surface area contributed by atoms with Crippen molar-refractivity contribution in [2.24, 2.45) is 5.92 Å². The van der Waals surface area contributed by atoms with Gasteiger partial charge in [0, 0.05) is 5.92 Å². The minimum absolute atomic E-state index is 0.0894. The van der Waals surface area contributed by atoms with E-state index in [4.69, 9.17) is 9.47 Å². The molecule has 1 heterocycles. The fourth-order valence-electron chi connectivity index (χ4n) is 2.49. The molecule has 1 aliphatic heterocycles. The first-order chi connectivity index (χ1) is 9.76. The Morgan fingerprint density at radius 3 is 2.75 bits per heavy atom. The van der Waals surface area contributed by atoms with Crippen molar-refractivity contribution in [2.45, 2.75) is 26.2 Å². The number of carbonyl (C=O) groups is 1. The Hall–Kier alpha value is -1.55. The van der Waals surface area contributed by atoms with Crippen molar-refractivity contribution in [3.8, 4) is 11.5 Å². The predicted octanol–water partition coefficient (Wildman–Crippen LogP) is 2.67. The van der Waals surface area contributed by atoms with Crippen LogP contribution in [-0.4, -0.2) is 32.6 Å². The lowest BCUT2D eigenvalue weighted by atomic mass is 9.89. The lowest BCUT2D eigenvalue weighted by Gasteiger charge is -2.22. The summed E-state index contributed by atoms with van der Waals surface area (Å²) in [7, 11) is 1.60. The van der Waals surface area contributed by atoms with Gasteiger partial charge in [0.25, 0.3) is 0 Å². The third-order valence-corrected chi connectivity index (χ3v) is 3.62. The van der Waals surface area contributed by atoms with Crippen molar-refractivity contribution in [3.63, 3.8) is 0 Å². The Kier molecular flexibility index (Phi) is 5.41. The molecule has 4 heteroatoms. The maximum Gasteiger partial charge on any atom is 0.169 e. The van der Waals surface area contributed by atoms with Crippen molar-refractivity contribution in [1.29, 1.82) is 0 Å². The molecule has 0 spiro atoms. The summed E-state index contributed by atoms with van der Waals surface area (Å²) in [4.78, 5) is 12.6. The van der Waals surface area contributed by atoms with E-state index in [1.54, 1.807) is 7.11 Å². The van der Waals surface area contributed by atoms with Crippen LogP contribution in [0.4, 0.5) is 0 Å². The van der Waals surface area contributed by atoms with Crippen LogP contribution in [0.15, 0.2) is 18.2 Å². The minimum atomic E-state index is 0.0894. The van der Waals surface area contributed by atoms with Gasteiger partial charge in [0.15, 0.2) is 5.78 Å². The van der Waals surface area contributed by atoms with Gasteiger partial charge in [-0.15, -0.1) is 0 Å². The molecule has 0 amide bonds. The lowest BCUT2D eigenvalue weighted by molar-refractivity contribution is 0.0891. The molecule has 1 saturated heterocycles. The molecular formula is C16H23NO3. The zero-order valence-corrected chi connectivity index (χ0v) is 12.3. The SMILES string of the molecule is CCCOc1ccc(OC)c(C(=O)C2CCNCC2)c1. The quantitative estimate of drug-likeness (QED) is 0.812. The normalized spacial score (nSPS) is 15.9. The van der Waals surface area contributed by atoms with Crippen LogP contribution in [0.25, 0.3) is 0 Å². The molecule has 0 bridgehead atoms. The summed E-state index contributed by atoms with van der Waals surface area (Å²) in [6, 6.07) is 5.49. The van der Waals surface area contributed by atoms with E-state index in [9.17, 15) is 4.79 Å². The average molecular weight is 277 g/mol. The molecule has 110 valence electrons. The van der Waals surface area contributed by atoms with Gasteiger partial charge in [0.2, 0.25) is 0 Å². The number of ether oxygens (including phenoxy) is 2. The molecule has 1 N–H and O–H groups in total. The molecule has 4 nitrogen and oxygen atoms in total. The van der Waals surface area contributed by atoms with Crippen molar-refractivity contribution in [2.75, 3.05) is 26.8 Å². The molecule has 1 aliphatic rings. The number of hydrogen-bond donors (Lipinski definition) is 1. The molecule has 0 aliphatic carbocycles. The Morgan fingerprint density at radius 2 is 2.10 bits per heavy atom. The first-order valence-corrected chi connectivity index (χ1v) is 7.32. The third kappa shape index (κ3) is 3.51. The Bertz CT molecular complexity index is 453. The number of methoxy groups -OCH3 is 1. The van der Waals surface area contributed by atoms with E-state index in [1.165, 1.54) is 0 Å². The van der Waals surface area contributed by atoms with Crippen molar-refractivity contribution >= 4 is 5.78 Å². The second-order valence-electron chi connectivity index (χ2n) is 5.10. The average Bonchev–Trinajstić information content (AvgIpc) is 2.52. The summed E-state index contributed by atoms with van der Waals surface area (Å²) in [5.41, 5.74) is 0.646. The van der Waals surface area contributed by atoms with Crippen LogP contribution in [-0.2, 0) is 0 Å². The summed E-state index contributed by atoms with van der Waals surface area (Å²) >= 11 is 0. The molecule has 1 fully saturated rings. The van der Waals surface area contributed by atoms with Crippen LogP contribution in [0.2, 0.25) is 0 Å². The second kappa shape index (κ2) is 7.29. The largest absolute Gasteiger partial charge is 0.496 e. The van der Waals surface area contributed by atoms with Crippen LogP contribution in [0.3, 0.4) is 0 Å². The maximum atomic E-state index is 12.6. The van der Waals surface area contributed by atoms with E-state index < -0.39 is 0 Å². The first kappa shape index (κ1) is 14.9. The molecule has 2 rings (SSSR count). The number of Topliss-reactive ketones (excluding diaryl/α,β-unsaturated/α-hetero) is 1. The van der Waals surface area contributed by atoms with Crippen LogP contribution >= 0.6 is 0 Å². The van der Waals surface area contributed by atoms with Gasteiger partial charge < -0.3 is 14.8 Å². The molecule has 0 saturated carbocycles. The highest BCUT2D eigenvalue weighted by atomic mass is 16.5. The molecule has 0 aromatic heterocycles. The Labute approximate surface area is 120 Å². The van der Waals surface area contributed by atoms with Gasteiger partial charge in [0.1, 0.15) is 11.5 Å². The highest BCUT2D eigenvalue weighted by molar-refractivity contribution is 6.00. The highest BCUT2D eigenvalue weighted by Crippen LogP contribution is 2.29. The van der Waals surface area contributed by atoms with Crippen LogP contribution in [0.1, 0.15) is 36.5 Å². The molecule has 20 heavy (non-hydrogen) atoms. The van der Waals surface area contributed by atoms with Crippen molar-refractivity contribution < 1.29 is 14.3 Å². The van der Waals surface area contributed by atoms with Gasteiger partial charge in [-0.1, -0.05) is 6.92 Å². The zero-order chi connectivity index (χ0) is 14.4. The summed E-state index contributed by atoms with van der Waals surface area (Å²) in [5, 5.41) is 3.28. The number of carbonyl (C=O) groups excluding carboxylic acids is 1. The van der Waals surface area contributed by atoms with Crippen LogP contribution in [0.5, 0.6) is 11.5 Å². The minimum Gasteiger partial charge on any atom is -0.496 e. The summed E-state index contributed by atoms with van der Waals surface area (Å²) in [5.74, 6) is 1.64. The molecule has 1 aromatic carbocycles. The maximum absolute atomic E-state index is 12.6. The molecule has 0 unspecified atom stereocenters. The molecular weight excluding hydrogens is 254 g/mol. The predicted molar refractivity (Wildman–Crippen MR) is 78.7 cm³/mol. The van der Waals surface area contributed by atoms with Gasteiger partial charge in [-0.2, -0.15) is 0 Å². The van der Waals surface area contributed by atoms with E-state index >= 15 is 0 Å². The van der Waals surface area contributed by atoms with Gasteiger partial charge in [-0.05, 0) is 50.6 Å². The standard InChI is InChI=1S/C16H23NO3/c1-3-10-20-13-4-5-15(19-2)14(11-13)16(18)12-6-8-17-9-7-12/h4-5,11-12,17H,3,6-10H2,1-2H3. The van der Waals surface area contributed by atoms with Crippen LogP contribution in [0, 0.1) is 5.92 Å². The van der Waals surface area contributed by atoms with E-state index in [2.05, 4.69) is 12.2 Å². The number of hydrogen-bond acceptors (Lipinski definition) is 4. The number of ketones is 1. The van der Waals surface area contributed by atoms with Gasteiger partial charge in [-0.3, -0.25) is 4.79 Å². The molecule has 0 atom stereocenters. The zero-order valence-electron chi connectivity index (χ0n) is 12.3. The fourth-order valence-corrected chi connectivity index (χ4v) is 2.49.